The molecule has 0 saturated heterocycles. The Bertz CT molecular complexity index is 504. The zero-order valence-electron chi connectivity index (χ0n) is 11.2. The van der Waals surface area contributed by atoms with Crippen molar-refractivity contribution in [2.24, 2.45) is 16.2 Å². The Morgan fingerprint density at radius 1 is 1.40 bits per heavy atom. The minimum atomic E-state index is -0.871. The van der Waals surface area contributed by atoms with Gasteiger partial charge in [-0.2, -0.15) is 0 Å². The Balaban J connectivity index is 2.81. The Morgan fingerprint density at radius 2 is 2.10 bits per heavy atom. The van der Waals surface area contributed by atoms with Crippen molar-refractivity contribution in [1.82, 2.24) is 5.43 Å². The Hall–Kier alpha value is -2.48. The van der Waals surface area contributed by atoms with E-state index in [1.165, 1.54) is 7.11 Å². The molecule has 0 saturated carbocycles. The maximum absolute atomic E-state index is 12.3. The molecule has 0 bridgehead atoms. The van der Waals surface area contributed by atoms with Gasteiger partial charge >= 0.3 is 6.03 Å². The summed E-state index contributed by atoms with van der Waals surface area (Å²) in [4.78, 5) is 27.9. The molecule has 0 aliphatic carbocycles. The van der Waals surface area contributed by atoms with Gasteiger partial charge in [0.2, 0.25) is 5.78 Å². The van der Waals surface area contributed by atoms with Crippen LogP contribution in [-0.4, -0.2) is 25.0 Å². The summed E-state index contributed by atoms with van der Waals surface area (Å²) in [6.45, 7) is 1.75. The van der Waals surface area contributed by atoms with Crippen LogP contribution in [0.5, 0.6) is 5.75 Å². The highest BCUT2D eigenvalue weighted by molar-refractivity contribution is 6.01. The number of urea groups is 1. The summed E-state index contributed by atoms with van der Waals surface area (Å²) in [6.07, 6.45) is -0.499. The first-order valence-electron chi connectivity index (χ1n) is 5.88. The van der Waals surface area contributed by atoms with Gasteiger partial charge in [0.15, 0.2) is 6.10 Å². The summed E-state index contributed by atoms with van der Waals surface area (Å²) in [7, 11) is 1.47. The summed E-state index contributed by atoms with van der Waals surface area (Å²) >= 11 is 0. The minimum absolute atomic E-state index is 0.308. The number of ether oxygens (including phenoxy) is 1. The molecule has 0 spiro atoms. The molecule has 108 valence electrons. The molecule has 0 aliphatic rings. The molecule has 20 heavy (non-hydrogen) atoms. The molecule has 1 rings (SSSR count). The van der Waals surface area contributed by atoms with E-state index < -0.39 is 12.1 Å². The third kappa shape index (κ3) is 4.02. The van der Waals surface area contributed by atoms with Crippen LogP contribution < -0.4 is 16.0 Å². The fourth-order valence-corrected chi connectivity index (χ4v) is 1.48. The second-order valence-electron chi connectivity index (χ2n) is 3.70. The van der Waals surface area contributed by atoms with Gasteiger partial charge in [0.1, 0.15) is 5.75 Å². The molecule has 1 aromatic rings. The quantitative estimate of drug-likeness (QED) is 0.270. The maximum Gasteiger partial charge on any atom is 0.376 e. The van der Waals surface area contributed by atoms with Crippen molar-refractivity contribution in [2.75, 3.05) is 7.11 Å². The SMILES string of the molecule is CCC(ON=NC(=O)NN)C(=O)c1ccccc1OC. The fraction of sp³-hybridized carbons (Fsp3) is 0.333. The first-order valence-corrected chi connectivity index (χ1v) is 5.88. The summed E-state index contributed by atoms with van der Waals surface area (Å²) in [5, 5.41) is 6.28. The van der Waals surface area contributed by atoms with Gasteiger partial charge in [0.05, 0.1) is 12.7 Å². The lowest BCUT2D eigenvalue weighted by Crippen LogP contribution is -2.27. The van der Waals surface area contributed by atoms with Crippen LogP contribution in [0.25, 0.3) is 0 Å². The molecule has 0 fully saturated rings. The largest absolute Gasteiger partial charge is 0.496 e. The van der Waals surface area contributed by atoms with E-state index in [-0.39, 0.29) is 5.78 Å². The zero-order chi connectivity index (χ0) is 15.0. The van der Waals surface area contributed by atoms with Gasteiger partial charge in [-0.1, -0.05) is 24.2 Å². The molecule has 8 nitrogen and oxygen atoms in total. The first-order chi connectivity index (χ1) is 9.63. The molecule has 0 radical (unpaired) electrons. The summed E-state index contributed by atoms with van der Waals surface area (Å²) < 4.78 is 5.11. The number of hydrogen-bond acceptors (Lipinski definition) is 6. The van der Waals surface area contributed by atoms with Crippen molar-refractivity contribution >= 4 is 11.8 Å². The van der Waals surface area contributed by atoms with Crippen molar-refractivity contribution in [3.8, 4) is 5.75 Å². The third-order valence-corrected chi connectivity index (χ3v) is 2.47. The van der Waals surface area contributed by atoms with Crippen LogP contribution in [0.3, 0.4) is 0 Å². The molecule has 0 aromatic heterocycles. The van der Waals surface area contributed by atoms with Crippen molar-refractivity contribution in [3.63, 3.8) is 0 Å². The number of nitrogens with zero attached hydrogens (tertiary/aromatic N) is 2. The molecular formula is C12H16N4O4. The van der Waals surface area contributed by atoms with Gasteiger partial charge in [-0.3, -0.25) is 10.2 Å². The molecular weight excluding hydrogens is 264 g/mol. The highest BCUT2D eigenvalue weighted by atomic mass is 16.7. The van der Waals surface area contributed by atoms with Crippen molar-refractivity contribution in [3.05, 3.63) is 29.8 Å². The first kappa shape index (κ1) is 15.6. The number of carbonyl (C=O) groups is 2. The van der Waals surface area contributed by atoms with E-state index in [9.17, 15) is 9.59 Å². The molecule has 0 aliphatic heterocycles. The Labute approximate surface area is 115 Å². The molecule has 1 unspecified atom stereocenters. The number of carbonyl (C=O) groups excluding carboxylic acids is 2. The normalized spacial score (nSPS) is 11.9. The number of ketones is 1. The lowest BCUT2D eigenvalue weighted by molar-refractivity contribution is 0.0342. The van der Waals surface area contributed by atoms with Crippen molar-refractivity contribution in [1.29, 1.82) is 0 Å². The van der Waals surface area contributed by atoms with Crippen LogP contribution in [0, 0.1) is 0 Å². The van der Waals surface area contributed by atoms with E-state index in [1.54, 1.807) is 36.6 Å². The number of methoxy groups -OCH3 is 1. The van der Waals surface area contributed by atoms with Crippen LogP contribution in [0.4, 0.5) is 4.79 Å². The highest BCUT2D eigenvalue weighted by Gasteiger charge is 2.23. The van der Waals surface area contributed by atoms with E-state index >= 15 is 0 Å². The predicted octanol–water partition coefficient (Wildman–Crippen LogP) is 1.62. The second kappa shape index (κ2) is 7.85. The van der Waals surface area contributed by atoms with E-state index in [0.717, 1.165) is 0 Å². The molecule has 1 atom stereocenters. The molecule has 2 amide bonds. The van der Waals surface area contributed by atoms with Gasteiger partial charge < -0.3 is 9.57 Å². The highest BCUT2D eigenvalue weighted by Crippen LogP contribution is 2.21. The zero-order valence-corrected chi connectivity index (χ0v) is 11.2. The number of benzene rings is 1. The van der Waals surface area contributed by atoms with E-state index in [1.807, 2.05) is 0 Å². The Kier molecular flexibility index (Phi) is 6.11. The van der Waals surface area contributed by atoms with Crippen molar-refractivity contribution in [2.45, 2.75) is 19.4 Å². The van der Waals surface area contributed by atoms with Gasteiger partial charge in [0.25, 0.3) is 0 Å². The third-order valence-electron chi connectivity index (χ3n) is 2.47. The standard InChI is InChI=1S/C12H16N4O4/c1-3-9(20-16-15-12(18)14-13)11(17)8-6-4-5-7-10(8)19-2/h4-7,9H,3,13H2,1-2H3,(H,14,18). The molecule has 8 heteroatoms. The van der Waals surface area contributed by atoms with E-state index in [4.69, 9.17) is 15.4 Å². The summed E-state index contributed by atoms with van der Waals surface area (Å²) in [5.74, 6) is 4.95. The second-order valence-corrected chi connectivity index (χ2v) is 3.70. The monoisotopic (exact) mass is 280 g/mol. The number of hydrazine groups is 1. The smallest absolute Gasteiger partial charge is 0.376 e. The predicted molar refractivity (Wildman–Crippen MR) is 70.1 cm³/mol. The van der Waals surface area contributed by atoms with Gasteiger partial charge in [-0.05, 0) is 18.6 Å². The Morgan fingerprint density at radius 3 is 2.70 bits per heavy atom. The number of Topliss-reactive ketones (excluding diaryl/α,β-unsaturated/α-hetero) is 1. The van der Waals surface area contributed by atoms with Gasteiger partial charge in [0, 0.05) is 5.28 Å². The topological polar surface area (TPSA) is 115 Å². The summed E-state index contributed by atoms with van der Waals surface area (Å²) in [6, 6.07) is 5.89. The van der Waals surface area contributed by atoms with Crippen molar-refractivity contribution < 1.29 is 19.2 Å². The minimum Gasteiger partial charge on any atom is -0.496 e. The number of amides is 2. The number of rotatable bonds is 6. The lowest BCUT2D eigenvalue weighted by Gasteiger charge is -2.13. The average Bonchev–Trinajstić information content (AvgIpc) is 2.50. The average molecular weight is 280 g/mol. The van der Waals surface area contributed by atoms with Crippen LogP contribution >= 0.6 is 0 Å². The van der Waals surface area contributed by atoms with Crippen LogP contribution in [0.1, 0.15) is 23.7 Å². The van der Waals surface area contributed by atoms with Crippen LogP contribution in [0.2, 0.25) is 0 Å². The maximum atomic E-state index is 12.3. The fourth-order valence-electron chi connectivity index (χ4n) is 1.48. The molecule has 3 N–H and O–H groups in total. The lowest BCUT2D eigenvalue weighted by atomic mass is 10.0. The number of hydrogen-bond donors (Lipinski definition) is 2. The summed E-state index contributed by atoms with van der Waals surface area (Å²) in [5.41, 5.74) is 2.13. The van der Waals surface area contributed by atoms with E-state index in [2.05, 4.69) is 10.4 Å². The molecule has 0 heterocycles. The van der Waals surface area contributed by atoms with Crippen LogP contribution in [0.15, 0.2) is 34.7 Å². The number of para-hydroxylation sites is 1. The van der Waals surface area contributed by atoms with E-state index in [0.29, 0.717) is 17.7 Å². The van der Waals surface area contributed by atoms with Gasteiger partial charge in [-0.25, -0.2) is 10.6 Å². The van der Waals surface area contributed by atoms with Crippen LogP contribution in [-0.2, 0) is 4.84 Å². The molecule has 1 aromatic carbocycles. The van der Waals surface area contributed by atoms with Gasteiger partial charge in [-0.15, -0.1) is 0 Å². The number of nitrogens with one attached hydrogen (secondary N) is 1. The number of nitrogens with two attached hydrogens (primary N) is 1.